The van der Waals surface area contributed by atoms with Crippen LogP contribution in [-0.2, 0) is 17.3 Å². The summed E-state index contributed by atoms with van der Waals surface area (Å²) in [5.74, 6) is 1.97. The Labute approximate surface area is 168 Å². The average Bonchev–Trinajstić information content (AvgIpc) is 2.66. The molecule has 0 unspecified atom stereocenters. The van der Waals surface area contributed by atoms with Crippen LogP contribution >= 0.6 is 0 Å². The van der Waals surface area contributed by atoms with E-state index in [4.69, 9.17) is 14.2 Å². The molecular weight excluding hydrogens is 380 g/mol. The van der Waals surface area contributed by atoms with Crippen LogP contribution in [0.4, 0.5) is 5.69 Å². The molecule has 8 heteroatoms. The number of benzene rings is 2. The predicted molar refractivity (Wildman–Crippen MR) is 111 cm³/mol. The van der Waals surface area contributed by atoms with Crippen LogP contribution < -0.4 is 24.2 Å². The minimum atomic E-state index is -2.74. The monoisotopic (exact) mass is 408 g/mol. The van der Waals surface area contributed by atoms with Gasteiger partial charge in [-0.05, 0) is 50.1 Å². The van der Waals surface area contributed by atoms with Gasteiger partial charge in [-0.25, -0.2) is 8.42 Å². The van der Waals surface area contributed by atoms with Crippen LogP contribution in [0, 0.1) is 0 Å². The summed E-state index contributed by atoms with van der Waals surface area (Å²) in [5.41, 5.74) is 1.45. The van der Waals surface area contributed by atoms with Crippen LogP contribution in [0.3, 0.4) is 0 Å². The number of nitrogens with one attached hydrogen (secondary N) is 2. The number of ether oxygens (including phenoxy) is 3. The maximum absolute atomic E-state index is 11.0. The topological polar surface area (TPSA) is 85.9 Å². The van der Waals surface area contributed by atoms with Crippen molar-refractivity contribution in [3.63, 3.8) is 0 Å². The lowest BCUT2D eigenvalue weighted by atomic mass is 10.1. The summed E-state index contributed by atoms with van der Waals surface area (Å²) in [6.45, 7) is 5.79. The van der Waals surface area contributed by atoms with E-state index in [9.17, 15) is 8.42 Å². The maximum atomic E-state index is 11.0. The largest absolute Gasteiger partial charge is 0.495 e. The number of thiol groups is 1. The van der Waals surface area contributed by atoms with Gasteiger partial charge in [0.1, 0.15) is 12.4 Å². The van der Waals surface area contributed by atoms with Crippen molar-refractivity contribution >= 4 is 16.6 Å². The van der Waals surface area contributed by atoms with E-state index in [-0.39, 0.29) is 6.04 Å². The summed E-state index contributed by atoms with van der Waals surface area (Å²) >= 11 is 0. The lowest BCUT2D eigenvalue weighted by Crippen LogP contribution is -2.31. The van der Waals surface area contributed by atoms with Gasteiger partial charge in [0.05, 0.1) is 19.4 Å². The Balaban J connectivity index is 1.83. The molecular formula is C20H28N2O5S. The highest BCUT2D eigenvalue weighted by Gasteiger charge is 2.09. The molecule has 0 fully saturated rings. The molecule has 0 radical (unpaired) electrons. The zero-order valence-electron chi connectivity index (χ0n) is 16.4. The van der Waals surface area contributed by atoms with Gasteiger partial charge in [-0.2, -0.15) is 0 Å². The second-order valence-corrected chi connectivity index (χ2v) is 6.93. The zero-order chi connectivity index (χ0) is 20.4. The van der Waals surface area contributed by atoms with E-state index in [1.54, 1.807) is 12.1 Å². The SMILES string of the molecule is CCOc1ccccc1OCCN[C@H](C)Cc1ccc(OC)c(N[SH](=O)=O)c1. The van der Waals surface area contributed by atoms with E-state index < -0.39 is 10.9 Å². The average molecular weight is 409 g/mol. The first-order valence-corrected chi connectivity index (χ1v) is 10.4. The second-order valence-electron chi connectivity index (χ2n) is 6.19. The Morgan fingerprint density at radius 2 is 1.75 bits per heavy atom. The standard InChI is InChI=1S/C20H28N2O5S/c1-4-26-19-7-5-6-8-20(19)27-12-11-21-15(2)13-16-9-10-18(25-3)17(14-16)22-28(23)24/h5-10,14-15,21,28H,4,11-13H2,1-3H3,(H,22,23,24)/t15-/m1/s1. The minimum Gasteiger partial charge on any atom is -0.495 e. The molecule has 2 aromatic rings. The Bertz CT molecular complexity index is 818. The molecule has 7 nitrogen and oxygen atoms in total. The molecule has 0 saturated heterocycles. The minimum absolute atomic E-state index is 0.188. The van der Waals surface area contributed by atoms with Crippen LogP contribution in [0.15, 0.2) is 42.5 Å². The third kappa shape index (κ3) is 6.94. The van der Waals surface area contributed by atoms with E-state index >= 15 is 0 Å². The predicted octanol–water partition coefficient (Wildman–Crippen LogP) is 2.63. The molecule has 0 aliphatic rings. The Hall–Kier alpha value is -2.45. The van der Waals surface area contributed by atoms with Crippen LogP contribution in [0.2, 0.25) is 0 Å². The Morgan fingerprint density at radius 1 is 1.04 bits per heavy atom. The van der Waals surface area contributed by atoms with Crippen LogP contribution in [0.25, 0.3) is 0 Å². The molecule has 154 valence electrons. The second kappa shape index (κ2) is 11.4. The molecule has 0 saturated carbocycles. The van der Waals surface area contributed by atoms with Gasteiger partial charge in [0.25, 0.3) is 0 Å². The first-order valence-electron chi connectivity index (χ1n) is 9.19. The van der Waals surface area contributed by atoms with Crippen molar-refractivity contribution in [2.24, 2.45) is 0 Å². The van der Waals surface area contributed by atoms with Gasteiger partial charge >= 0.3 is 0 Å². The van der Waals surface area contributed by atoms with E-state index in [0.717, 1.165) is 23.5 Å². The number of rotatable bonds is 12. The lowest BCUT2D eigenvalue weighted by Gasteiger charge is -2.16. The van der Waals surface area contributed by atoms with Gasteiger partial charge in [-0.3, -0.25) is 4.72 Å². The van der Waals surface area contributed by atoms with E-state index in [1.165, 1.54) is 7.11 Å². The van der Waals surface area contributed by atoms with E-state index in [1.807, 2.05) is 37.3 Å². The maximum Gasteiger partial charge on any atom is 0.222 e. The summed E-state index contributed by atoms with van der Waals surface area (Å²) in [6.07, 6.45) is 0.740. The fraction of sp³-hybridized carbons (Fsp3) is 0.400. The normalized spacial score (nSPS) is 11.9. The van der Waals surface area contributed by atoms with Gasteiger partial charge in [-0.15, -0.1) is 0 Å². The van der Waals surface area contributed by atoms with Crippen molar-refractivity contribution in [1.82, 2.24) is 5.32 Å². The molecule has 0 aliphatic carbocycles. The summed E-state index contributed by atoms with van der Waals surface area (Å²) in [4.78, 5) is 0. The first-order chi connectivity index (χ1) is 13.5. The van der Waals surface area contributed by atoms with Crippen molar-refractivity contribution in [3.05, 3.63) is 48.0 Å². The van der Waals surface area contributed by atoms with E-state index in [0.29, 0.717) is 31.2 Å². The van der Waals surface area contributed by atoms with Crippen molar-refractivity contribution < 1.29 is 22.6 Å². The van der Waals surface area contributed by atoms with Gasteiger partial charge < -0.3 is 19.5 Å². The molecule has 0 heterocycles. The van der Waals surface area contributed by atoms with Crippen molar-refractivity contribution in [3.8, 4) is 17.2 Å². The quantitative estimate of drug-likeness (QED) is 0.370. The van der Waals surface area contributed by atoms with Crippen LogP contribution in [-0.4, -0.2) is 41.3 Å². The Kier molecular flexibility index (Phi) is 8.90. The molecule has 0 aromatic heterocycles. The van der Waals surface area contributed by atoms with Gasteiger partial charge in [-0.1, -0.05) is 18.2 Å². The summed E-state index contributed by atoms with van der Waals surface area (Å²) in [6, 6.07) is 13.3. The first kappa shape index (κ1) is 21.8. The fourth-order valence-corrected chi connectivity index (χ4v) is 3.18. The molecule has 2 N–H and O–H groups in total. The smallest absolute Gasteiger partial charge is 0.222 e. The molecule has 0 spiro atoms. The molecule has 2 aromatic carbocycles. The Morgan fingerprint density at radius 3 is 2.39 bits per heavy atom. The third-order valence-electron chi connectivity index (χ3n) is 4.02. The van der Waals surface area contributed by atoms with Gasteiger partial charge in [0.15, 0.2) is 11.5 Å². The summed E-state index contributed by atoms with van der Waals surface area (Å²) in [5, 5.41) is 3.40. The summed E-state index contributed by atoms with van der Waals surface area (Å²) < 4.78 is 40.9. The lowest BCUT2D eigenvalue weighted by molar-refractivity contribution is 0.272. The molecule has 0 bridgehead atoms. The molecule has 28 heavy (non-hydrogen) atoms. The fourth-order valence-electron chi connectivity index (χ4n) is 2.80. The van der Waals surface area contributed by atoms with Crippen molar-refractivity contribution in [1.29, 1.82) is 0 Å². The van der Waals surface area contributed by atoms with E-state index in [2.05, 4.69) is 17.0 Å². The highest BCUT2D eigenvalue weighted by atomic mass is 32.2. The van der Waals surface area contributed by atoms with Crippen LogP contribution in [0.5, 0.6) is 17.2 Å². The molecule has 2 rings (SSSR count). The molecule has 0 amide bonds. The van der Waals surface area contributed by atoms with Gasteiger partial charge in [0, 0.05) is 12.6 Å². The van der Waals surface area contributed by atoms with Gasteiger partial charge in [0.2, 0.25) is 10.9 Å². The van der Waals surface area contributed by atoms with Crippen LogP contribution in [0.1, 0.15) is 19.4 Å². The number of hydrogen-bond acceptors (Lipinski definition) is 6. The summed E-state index contributed by atoms with van der Waals surface area (Å²) in [7, 11) is -1.24. The number of methoxy groups -OCH3 is 1. The number of anilines is 1. The highest BCUT2D eigenvalue weighted by Crippen LogP contribution is 2.27. The van der Waals surface area contributed by atoms with Crippen molar-refractivity contribution in [2.75, 3.05) is 31.6 Å². The molecule has 1 atom stereocenters. The number of hydrogen-bond donors (Lipinski definition) is 3. The zero-order valence-corrected chi connectivity index (χ0v) is 17.3. The molecule has 0 aliphatic heterocycles. The third-order valence-corrected chi connectivity index (χ3v) is 4.44. The van der Waals surface area contributed by atoms with Crippen molar-refractivity contribution in [2.45, 2.75) is 26.3 Å². The highest BCUT2D eigenvalue weighted by molar-refractivity contribution is 7.73. The number of para-hydroxylation sites is 2.